The van der Waals surface area contributed by atoms with Crippen LogP contribution >= 0.6 is 0 Å². The number of hydrogen-bond acceptors (Lipinski definition) is 6. The van der Waals surface area contributed by atoms with Crippen molar-refractivity contribution in [3.8, 4) is 0 Å². The van der Waals surface area contributed by atoms with Crippen LogP contribution in [-0.4, -0.2) is 46.1 Å². The molecule has 1 aliphatic rings. The van der Waals surface area contributed by atoms with E-state index in [9.17, 15) is 0 Å². The summed E-state index contributed by atoms with van der Waals surface area (Å²) >= 11 is 0. The van der Waals surface area contributed by atoms with E-state index in [4.69, 9.17) is 8.94 Å². The van der Waals surface area contributed by atoms with Gasteiger partial charge in [0.1, 0.15) is 12.0 Å². The molecule has 2 aromatic heterocycles. The number of nitrogens with zero attached hydrogens (tertiary/aromatic N) is 4. The van der Waals surface area contributed by atoms with Crippen LogP contribution in [0.15, 0.2) is 27.5 Å². The van der Waals surface area contributed by atoms with Crippen LogP contribution in [0.2, 0.25) is 0 Å². The minimum atomic E-state index is 0.385. The second-order valence-electron chi connectivity index (χ2n) is 6.39. The van der Waals surface area contributed by atoms with Gasteiger partial charge in [-0.1, -0.05) is 19.0 Å². The first kappa shape index (κ1) is 15.2. The third-order valence-corrected chi connectivity index (χ3v) is 4.27. The third-order valence-electron chi connectivity index (χ3n) is 4.27. The summed E-state index contributed by atoms with van der Waals surface area (Å²) in [7, 11) is 2.14. The fraction of sp³-hybridized carbons (Fsp3) is 0.625. The fourth-order valence-corrected chi connectivity index (χ4v) is 2.87. The van der Waals surface area contributed by atoms with Crippen LogP contribution in [0.5, 0.6) is 0 Å². The first-order chi connectivity index (χ1) is 10.6. The van der Waals surface area contributed by atoms with Gasteiger partial charge in [-0.05, 0) is 13.5 Å². The second kappa shape index (κ2) is 6.62. The monoisotopic (exact) mass is 304 g/mol. The summed E-state index contributed by atoms with van der Waals surface area (Å²) in [5, 5.41) is 3.98. The van der Waals surface area contributed by atoms with E-state index in [0.717, 1.165) is 49.9 Å². The Balaban J connectivity index is 1.51. The highest BCUT2D eigenvalue weighted by Gasteiger charge is 2.27. The Bertz CT molecular complexity index is 579. The summed E-state index contributed by atoms with van der Waals surface area (Å²) in [6.45, 7) is 7.98. The average Bonchev–Trinajstić information content (AvgIpc) is 3.19. The quantitative estimate of drug-likeness (QED) is 0.817. The van der Waals surface area contributed by atoms with Crippen LogP contribution in [-0.2, 0) is 13.1 Å². The number of likely N-dealkylation sites (N-methyl/N-ethyl adjacent to an activating group) is 1. The zero-order chi connectivity index (χ0) is 15.5. The molecule has 120 valence electrons. The normalized spacial score (nSPS) is 19.6. The lowest BCUT2D eigenvalue weighted by Crippen LogP contribution is -2.34. The Morgan fingerprint density at radius 1 is 1.45 bits per heavy atom. The molecule has 1 atom stereocenters. The lowest BCUT2D eigenvalue weighted by molar-refractivity contribution is 0.202. The van der Waals surface area contributed by atoms with Crippen molar-refractivity contribution in [3.63, 3.8) is 0 Å². The van der Waals surface area contributed by atoms with Gasteiger partial charge < -0.3 is 8.94 Å². The molecule has 0 amide bonds. The van der Waals surface area contributed by atoms with E-state index in [1.54, 1.807) is 6.26 Å². The molecular weight excluding hydrogens is 280 g/mol. The molecule has 0 spiro atoms. The molecular formula is C16H24N4O2. The van der Waals surface area contributed by atoms with Crippen LogP contribution in [0, 0.1) is 0 Å². The van der Waals surface area contributed by atoms with Crippen molar-refractivity contribution in [2.45, 2.75) is 45.3 Å². The maximum absolute atomic E-state index is 5.80. The van der Waals surface area contributed by atoms with Gasteiger partial charge in [-0.2, -0.15) is 0 Å². The number of hydrogen-bond donors (Lipinski definition) is 0. The van der Waals surface area contributed by atoms with Crippen molar-refractivity contribution in [1.29, 1.82) is 0 Å². The van der Waals surface area contributed by atoms with E-state index in [-0.39, 0.29) is 0 Å². The summed E-state index contributed by atoms with van der Waals surface area (Å²) in [6, 6.07) is 2.46. The van der Waals surface area contributed by atoms with Gasteiger partial charge in [0.15, 0.2) is 0 Å². The molecule has 1 fully saturated rings. The Morgan fingerprint density at radius 3 is 3.00 bits per heavy atom. The molecule has 0 aromatic carbocycles. The zero-order valence-corrected chi connectivity index (χ0v) is 13.5. The van der Waals surface area contributed by atoms with E-state index in [2.05, 4.69) is 40.8 Å². The second-order valence-corrected chi connectivity index (χ2v) is 6.39. The van der Waals surface area contributed by atoms with Gasteiger partial charge in [0.05, 0.1) is 18.4 Å². The van der Waals surface area contributed by atoms with E-state index >= 15 is 0 Å². The van der Waals surface area contributed by atoms with Crippen molar-refractivity contribution in [2.75, 3.05) is 20.1 Å². The Kier molecular flexibility index (Phi) is 4.59. The van der Waals surface area contributed by atoms with Crippen LogP contribution in [0.4, 0.5) is 0 Å². The van der Waals surface area contributed by atoms with Gasteiger partial charge in [0.2, 0.25) is 5.89 Å². The highest BCUT2D eigenvalue weighted by atomic mass is 16.5. The van der Waals surface area contributed by atoms with Crippen LogP contribution in [0.25, 0.3) is 0 Å². The molecule has 3 heterocycles. The molecule has 0 aliphatic carbocycles. The van der Waals surface area contributed by atoms with Crippen LogP contribution < -0.4 is 0 Å². The Labute approximate surface area is 131 Å². The molecule has 1 aliphatic heterocycles. The Hall–Kier alpha value is -1.66. The van der Waals surface area contributed by atoms with E-state index in [0.29, 0.717) is 12.0 Å². The number of oxazole rings is 1. The maximum atomic E-state index is 5.80. The van der Waals surface area contributed by atoms with E-state index < -0.39 is 0 Å². The molecule has 6 nitrogen and oxygen atoms in total. The first-order valence-electron chi connectivity index (χ1n) is 7.88. The van der Waals surface area contributed by atoms with Gasteiger partial charge in [0.25, 0.3) is 0 Å². The predicted molar refractivity (Wildman–Crippen MR) is 82.2 cm³/mol. The van der Waals surface area contributed by atoms with Crippen molar-refractivity contribution in [3.05, 3.63) is 35.9 Å². The predicted octanol–water partition coefficient (Wildman–Crippen LogP) is 2.49. The summed E-state index contributed by atoms with van der Waals surface area (Å²) in [4.78, 5) is 9.13. The smallest absolute Gasteiger partial charge is 0.208 e. The number of rotatable bonds is 6. The van der Waals surface area contributed by atoms with Gasteiger partial charge in [-0.15, -0.1) is 0 Å². The minimum Gasteiger partial charge on any atom is -0.444 e. The number of aromatic nitrogens is 2. The van der Waals surface area contributed by atoms with Crippen LogP contribution in [0.3, 0.4) is 0 Å². The third kappa shape index (κ3) is 3.56. The average molecular weight is 304 g/mol. The maximum Gasteiger partial charge on any atom is 0.208 e. The van der Waals surface area contributed by atoms with E-state index in [1.165, 1.54) is 0 Å². The lowest BCUT2D eigenvalue weighted by Gasteiger charge is -2.23. The minimum absolute atomic E-state index is 0.385. The zero-order valence-electron chi connectivity index (χ0n) is 13.5. The topological polar surface area (TPSA) is 58.5 Å². The molecule has 22 heavy (non-hydrogen) atoms. The van der Waals surface area contributed by atoms with Crippen LogP contribution in [0.1, 0.15) is 43.5 Å². The highest BCUT2D eigenvalue weighted by Crippen LogP contribution is 2.20. The van der Waals surface area contributed by atoms with Crippen molar-refractivity contribution in [2.24, 2.45) is 0 Å². The standard InChI is InChI=1S/C16H24N4O2/c1-12(2)15-8-17-16(22-15)11-19(3)14-4-6-20(10-14)9-13-5-7-21-18-13/h5,7-8,12,14H,4,6,9-11H2,1-3H3/t14-/m1/s1. The molecule has 0 unspecified atom stereocenters. The fourth-order valence-electron chi connectivity index (χ4n) is 2.87. The molecule has 6 heteroatoms. The summed E-state index contributed by atoms with van der Waals surface area (Å²) < 4.78 is 10.7. The molecule has 1 saturated heterocycles. The summed E-state index contributed by atoms with van der Waals surface area (Å²) in [6.07, 6.45) is 4.63. The van der Waals surface area contributed by atoms with Gasteiger partial charge in [-0.25, -0.2) is 4.98 Å². The Morgan fingerprint density at radius 2 is 2.32 bits per heavy atom. The molecule has 0 radical (unpaired) electrons. The molecule has 0 bridgehead atoms. The summed E-state index contributed by atoms with van der Waals surface area (Å²) in [5.41, 5.74) is 0.998. The molecule has 0 N–H and O–H groups in total. The molecule has 0 saturated carbocycles. The SMILES string of the molecule is CC(C)c1cnc(CN(C)[C@@H]2CCN(Cc3ccon3)C2)o1. The van der Waals surface area contributed by atoms with Crippen molar-refractivity contribution < 1.29 is 8.94 Å². The molecule has 3 rings (SSSR count). The molecule has 2 aromatic rings. The van der Waals surface area contributed by atoms with Crippen molar-refractivity contribution >= 4 is 0 Å². The van der Waals surface area contributed by atoms with Gasteiger partial charge in [-0.3, -0.25) is 9.80 Å². The van der Waals surface area contributed by atoms with Crippen molar-refractivity contribution in [1.82, 2.24) is 19.9 Å². The lowest BCUT2D eigenvalue weighted by atomic mass is 10.2. The first-order valence-corrected chi connectivity index (χ1v) is 7.88. The number of likely N-dealkylation sites (tertiary alicyclic amines) is 1. The summed E-state index contributed by atoms with van der Waals surface area (Å²) in [5.74, 6) is 2.15. The largest absolute Gasteiger partial charge is 0.444 e. The van der Waals surface area contributed by atoms with Gasteiger partial charge >= 0.3 is 0 Å². The highest BCUT2D eigenvalue weighted by molar-refractivity contribution is 5.00. The van der Waals surface area contributed by atoms with E-state index in [1.807, 2.05) is 12.3 Å². The van der Waals surface area contributed by atoms with Gasteiger partial charge in [0, 0.05) is 37.7 Å².